The van der Waals surface area contributed by atoms with Crippen molar-refractivity contribution in [2.45, 2.75) is 77.1 Å². The van der Waals surface area contributed by atoms with E-state index in [1.165, 1.54) is 12.1 Å². The molecule has 3 aromatic rings. The van der Waals surface area contributed by atoms with Gasteiger partial charge in [0.2, 0.25) is 11.8 Å². The third kappa shape index (κ3) is 7.46. The highest BCUT2D eigenvalue weighted by atomic mass is 35.5. The van der Waals surface area contributed by atoms with Gasteiger partial charge in [-0.2, -0.15) is 0 Å². The van der Waals surface area contributed by atoms with Crippen LogP contribution in [0.2, 0.25) is 10.0 Å². The normalized spacial score (nSPS) is 24.8. The summed E-state index contributed by atoms with van der Waals surface area (Å²) in [6.07, 6.45) is 5.64. The second kappa shape index (κ2) is 14.3. The molecular formula is C38H42BCl2N3O5. The van der Waals surface area contributed by atoms with Crippen LogP contribution in [0.3, 0.4) is 0 Å². The second-order valence-electron chi connectivity index (χ2n) is 14.2. The SMILES string of the molecule is CC=CC(=O)Nc1cccc(C[C@H](NC(=O)c2cc(Cl)ccc2Cl)C(=O)N[C@@H](Cc2ccccc2)B2O[C@@H]3C[C@@H]4C[C@@H](C4(C)C)[C@]3(C)O2)c1. The van der Waals surface area contributed by atoms with Gasteiger partial charge in [-0.25, -0.2) is 0 Å². The Morgan fingerprint density at radius 1 is 0.939 bits per heavy atom. The average molecular weight is 702 g/mol. The number of anilines is 1. The van der Waals surface area contributed by atoms with E-state index in [9.17, 15) is 14.4 Å². The van der Waals surface area contributed by atoms with Crippen molar-refractivity contribution in [1.29, 1.82) is 0 Å². The van der Waals surface area contributed by atoms with Crippen LogP contribution in [-0.4, -0.2) is 48.5 Å². The lowest BCUT2D eigenvalue weighted by molar-refractivity contribution is -0.199. The van der Waals surface area contributed by atoms with Gasteiger partial charge in [-0.05, 0) is 97.9 Å². The molecule has 3 aliphatic carbocycles. The number of carbonyl (C=O) groups is 3. The molecule has 1 saturated heterocycles. The van der Waals surface area contributed by atoms with E-state index in [1.807, 2.05) is 36.4 Å². The molecule has 49 heavy (non-hydrogen) atoms. The van der Waals surface area contributed by atoms with E-state index < -0.39 is 36.5 Å². The lowest BCUT2D eigenvalue weighted by Gasteiger charge is -2.64. The van der Waals surface area contributed by atoms with Crippen LogP contribution in [0.1, 0.15) is 62.0 Å². The zero-order valence-corrected chi connectivity index (χ0v) is 29.7. The van der Waals surface area contributed by atoms with Crippen LogP contribution in [0, 0.1) is 17.3 Å². The Morgan fingerprint density at radius 2 is 1.69 bits per heavy atom. The predicted molar refractivity (Wildman–Crippen MR) is 193 cm³/mol. The Hall–Kier alpha value is -3.63. The first-order chi connectivity index (χ1) is 23.4. The maximum atomic E-state index is 14.4. The Morgan fingerprint density at radius 3 is 2.43 bits per heavy atom. The van der Waals surface area contributed by atoms with Gasteiger partial charge < -0.3 is 25.3 Å². The van der Waals surface area contributed by atoms with E-state index in [1.54, 1.807) is 43.3 Å². The second-order valence-corrected chi connectivity index (χ2v) is 15.0. The molecule has 8 nitrogen and oxygen atoms in total. The summed E-state index contributed by atoms with van der Waals surface area (Å²) in [5, 5.41) is 9.48. The molecular weight excluding hydrogens is 660 g/mol. The fraction of sp³-hybridized carbons (Fsp3) is 0.395. The first-order valence-electron chi connectivity index (χ1n) is 16.8. The number of hydrogen-bond donors (Lipinski definition) is 3. The van der Waals surface area contributed by atoms with E-state index in [4.69, 9.17) is 32.5 Å². The van der Waals surface area contributed by atoms with Crippen LogP contribution in [0.4, 0.5) is 5.69 Å². The minimum Gasteiger partial charge on any atom is -0.404 e. The van der Waals surface area contributed by atoms with Gasteiger partial charge in [-0.1, -0.05) is 85.6 Å². The van der Waals surface area contributed by atoms with Crippen molar-refractivity contribution in [1.82, 2.24) is 10.6 Å². The number of halogens is 2. The van der Waals surface area contributed by atoms with Crippen molar-refractivity contribution in [2.24, 2.45) is 17.3 Å². The zero-order valence-electron chi connectivity index (χ0n) is 28.2. The number of allylic oxidation sites excluding steroid dienone is 1. The molecule has 2 bridgehead atoms. The molecule has 1 aliphatic heterocycles. The summed E-state index contributed by atoms with van der Waals surface area (Å²) in [5.74, 6) is -0.827. The largest absolute Gasteiger partial charge is 0.482 e. The van der Waals surface area contributed by atoms with E-state index in [2.05, 4.69) is 36.7 Å². The van der Waals surface area contributed by atoms with Crippen LogP contribution < -0.4 is 16.0 Å². The average Bonchev–Trinajstić information content (AvgIpc) is 3.43. The third-order valence-electron chi connectivity index (χ3n) is 10.7. The highest BCUT2D eigenvalue weighted by molar-refractivity contribution is 6.48. The fourth-order valence-electron chi connectivity index (χ4n) is 7.90. The smallest absolute Gasteiger partial charge is 0.404 e. The summed E-state index contributed by atoms with van der Waals surface area (Å²) in [5.41, 5.74) is 2.17. The summed E-state index contributed by atoms with van der Waals surface area (Å²) in [6, 6.07) is 20.7. The van der Waals surface area contributed by atoms with Crippen LogP contribution in [0.25, 0.3) is 0 Å². The summed E-state index contributed by atoms with van der Waals surface area (Å²) < 4.78 is 13.5. The van der Waals surface area contributed by atoms with Gasteiger partial charge in [0.05, 0.1) is 28.2 Å². The van der Waals surface area contributed by atoms with Gasteiger partial charge in [0.1, 0.15) is 6.04 Å². The Labute approximate surface area is 298 Å². The Balaban J connectivity index is 1.28. The standard InChI is InChI=1S/C38H42BCl2N3O5/c1-5-10-34(45)42-27-14-9-13-24(17-27)18-30(43-35(46)28-22-26(40)15-16-29(28)41)36(47)44-33(19-23-11-7-6-8-12-23)39-48-32-21-25-20-31(37(25,2)3)38(32,4)49-39/h5-17,22,25,30-33H,18-21H2,1-4H3,(H,42,45)(H,43,46)(H,44,47)/t25-,30-,31-,32+,33-,38-/m0/s1. The van der Waals surface area contributed by atoms with Crippen molar-refractivity contribution >= 4 is 53.7 Å². The lowest BCUT2D eigenvalue weighted by Crippen LogP contribution is -2.65. The van der Waals surface area contributed by atoms with E-state index in [0.29, 0.717) is 29.0 Å². The summed E-state index contributed by atoms with van der Waals surface area (Å²) in [6.45, 7) is 8.54. The van der Waals surface area contributed by atoms with Gasteiger partial charge in [-0.3, -0.25) is 14.4 Å². The third-order valence-corrected chi connectivity index (χ3v) is 11.2. The molecule has 7 rings (SSSR count). The van der Waals surface area contributed by atoms with E-state index >= 15 is 0 Å². The molecule has 0 radical (unpaired) electrons. The topological polar surface area (TPSA) is 106 Å². The molecule has 3 N–H and O–H groups in total. The molecule has 256 valence electrons. The van der Waals surface area contributed by atoms with Gasteiger partial charge in [-0.15, -0.1) is 0 Å². The van der Waals surface area contributed by atoms with Crippen molar-refractivity contribution in [3.63, 3.8) is 0 Å². The summed E-state index contributed by atoms with van der Waals surface area (Å²) in [4.78, 5) is 40.2. The Kier molecular flexibility index (Phi) is 10.3. The number of carbonyl (C=O) groups excluding carboxylic acids is 3. The van der Waals surface area contributed by atoms with Crippen molar-refractivity contribution < 1.29 is 23.7 Å². The van der Waals surface area contributed by atoms with Crippen LogP contribution >= 0.6 is 23.2 Å². The van der Waals surface area contributed by atoms with Crippen LogP contribution in [0.15, 0.2) is 84.9 Å². The minimum absolute atomic E-state index is 0.0644. The monoisotopic (exact) mass is 701 g/mol. The summed E-state index contributed by atoms with van der Waals surface area (Å²) >= 11 is 12.6. The highest BCUT2D eigenvalue weighted by Crippen LogP contribution is 2.65. The summed E-state index contributed by atoms with van der Waals surface area (Å²) in [7, 11) is -0.682. The van der Waals surface area contributed by atoms with Crippen LogP contribution in [-0.2, 0) is 31.7 Å². The maximum absolute atomic E-state index is 14.4. The van der Waals surface area contributed by atoms with Crippen LogP contribution in [0.5, 0.6) is 0 Å². The van der Waals surface area contributed by atoms with Crippen molar-refractivity contribution in [3.05, 3.63) is 112 Å². The molecule has 0 unspecified atom stereocenters. The predicted octanol–water partition coefficient (Wildman–Crippen LogP) is 6.84. The van der Waals surface area contributed by atoms with Gasteiger partial charge in [0.25, 0.3) is 5.91 Å². The van der Waals surface area contributed by atoms with E-state index in [0.717, 1.165) is 24.0 Å². The molecule has 4 fully saturated rings. The van der Waals surface area contributed by atoms with E-state index in [-0.39, 0.29) is 34.4 Å². The highest BCUT2D eigenvalue weighted by Gasteiger charge is 2.68. The number of hydrogen-bond acceptors (Lipinski definition) is 5. The molecule has 11 heteroatoms. The molecule has 3 aromatic carbocycles. The minimum atomic E-state index is -1.02. The molecule has 4 aliphatic rings. The fourth-order valence-corrected chi connectivity index (χ4v) is 8.28. The number of rotatable bonds is 11. The van der Waals surface area contributed by atoms with Crippen molar-refractivity contribution in [2.75, 3.05) is 5.32 Å². The van der Waals surface area contributed by atoms with Gasteiger partial charge in [0, 0.05) is 17.1 Å². The lowest BCUT2D eigenvalue weighted by atomic mass is 9.43. The number of nitrogens with one attached hydrogen (secondary N) is 3. The first-order valence-corrected chi connectivity index (χ1v) is 17.6. The molecule has 6 atom stereocenters. The maximum Gasteiger partial charge on any atom is 0.482 e. The first kappa shape index (κ1) is 35.2. The van der Waals surface area contributed by atoms with Gasteiger partial charge >= 0.3 is 7.12 Å². The number of amides is 3. The molecule has 3 amide bonds. The molecule has 1 heterocycles. The van der Waals surface area contributed by atoms with Gasteiger partial charge in [0.15, 0.2) is 0 Å². The molecule has 0 aromatic heterocycles. The zero-order chi connectivity index (χ0) is 34.9. The van der Waals surface area contributed by atoms with Crippen molar-refractivity contribution in [3.8, 4) is 0 Å². The quantitative estimate of drug-likeness (QED) is 0.150. The number of benzene rings is 3. The Bertz CT molecular complexity index is 1750. The molecule has 0 spiro atoms. The molecule has 3 saturated carbocycles.